The fourth-order valence-electron chi connectivity index (χ4n) is 1.67. The van der Waals surface area contributed by atoms with Crippen molar-refractivity contribution in [2.45, 2.75) is 32.9 Å². The minimum absolute atomic E-state index is 0.0405. The fraction of sp³-hybridized carbons (Fsp3) is 0.467. The minimum atomic E-state index is -3.44. The van der Waals surface area contributed by atoms with Crippen LogP contribution in [0.1, 0.15) is 20.8 Å². The Morgan fingerprint density at radius 2 is 1.92 bits per heavy atom. The highest BCUT2D eigenvalue weighted by Gasteiger charge is 2.31. The molecule has 0 spiro atoms. The summed E-state index contributed by atoms with van der Waals surface area (Å²) in [5.41, 5.74) is 10.5. The first kappa shape index (κ1) is 21.3. The van der Waals surface area contributed by atoms with Gasteiger partial charge in [-0.2, -0.15) is 0 Å². The number of aliphatic imine (C=N–C) groups is 1. The number of para-hydroxylation sites is 1. The molecule has 0 heterocycles. The molecule has 8 nitrogen and oxygen atoms in total. The highest BCUT2D eigenvalue weighted by atomic mass is 32.7. The third-order valence-electron chi connectivity index (χ3n) is 2.67. The first-order chi connectivity index (χ1) is 11.7. The van der Waals surface area contributed by atoms with Gasteiger partial charge in [0.2, 0.25) is 0 Å². The summed E-state index contributed by atoms with van der Waals surface area (Å²) in [5, 5.41) is 2.75. The second-order valence-corrected chi connectivity index (χ2v) is 9.70. The Kier molecular flexibility index (Phi) is 8.82. The Hall–Kier alpha value is -1.70. The lowest BCUT2D eigenvalue weighted by Crippen LogP contribution is -2.35. The molecule has 2 atom stereocenters. The number of hydrogen-bond acceptors (Lipinski definition) is 6. The molecule has 25 heavy (non-hydrogen) atoms. The van der Waals surface area contributed by atoms with Crippen molar-refractivity contribution in [2.75, 3.05) is 12.3 Å². The number of hydrogen-bond donors (Lipinski definition) is 3. The molecule has 0 bridgehead atoms. The van der Waals surface area contributed by atoms with Gasteiger partial charge in [-0.1, -0.05) is 18.2 Å². The van der Waals surface area contributed by atoms with Gasteiger partial charge in [-0.05, 0) is 44.3 Å². The summed E-state index contributed by atoms with van der Waals surface area (Å²) in [4.78, 5) is 15.8. The normalized spacial score (nSPS) is 14.4. The number of nitrogens with zero attached hydrogens (tertiary/aromatic N) is 1. The molecule has 5 N–H and O–H groups in total. The monoisotopic (exact) mass is 388 g/mol. The van der Waals surface area contributed by atoms with Crippen molar-refractivity contribution < 1.29 is 18.6 Å². The van der Waals surface area contributed by atoms with Crippen molar-refractivity contribution in [3.05, 3.63) is 30.3 Å². The largest absolute Gasteiger partial charge is 0.462 e. The Morgan fingerprint density at radius 3 is 2.48 bits per heavy atom. The quantitative estimate of drug-likeness (QED) is 0.183. The SMILES string of the molecule is CC(C)OC(=O)[C@H](C)NP(=O)(Oc1ccccc1)SCCN=C(N)N. The van der Waals surface area contributed by atoms with Crippen molar-refractivity contribution in [1.29, 1.82) is 0 Å². The zero-order valence-corrected chi connectivity index (χ0v) is 16.3. The molecule has 0 radical (unpaired) electrons. The number of nitrogens with two attached hydrogens (primary N) is 2. The number of carbonyl (C=O) groups excluding carboxylic acids is 1. The van der Waals surface area contributed by atoms with Crippen LogP contribution in [0, 0.1) is 0 Å². The molecule has 0 saturated heterocycles. The topological polar surface area (TPSA) is 129 Å². The summed E-state index contributed by atoms with van der Waals surface area (Å²) < 4.78 is 23.9. The van der Waals surface area contributed by atoms with Gasteiger partial charge >= 0.3 is 12.7 Å². The van der Waals surface area contributed by atoms with Crippen LogP contribution in [0.4, 0.5) is 0 Å². The van der Waals surface area contributed by atoms with Gasteiger partial charge in [0.05, 0.1) is 12.6 Å². The lowest BCUT2D eigenvalue weighted by molar-refractivity contribution is -0.148. The van der Waals surface area contributed by atoms with Gasteiger partial charge in [-0.25, -0.2) is 9.65 Å². The van der Waals surface area contributed by atoms with E-state index in [1.165, 1.54) is 0 Å². The van der Waals surface area contributed by atoms with Crippen molar-refractivity contribution in [3.63, 3.8) is 0 Å². The molecular formula is C15H25N4O4PS. The zero-order valence-electron chi connectivity index (χ0n) is 14.5. The number of rotatable bonds is 10. The smallest absolute Gasteiger partial charge is 0.375 e. The van der Waals surface area contributed by atoms with E-state index in [2.05, 4.69) is 10.1 Å². The van der Waals surface area contributed by atoms with Crippen LogP contribution >= 0.6 is 18.1 Å². The number of nitrogens with one attached hydrogen (secondary N) is 1. The van der Waals surface area contributed by atoms with Crippen molar-refractivity contribution in [2.24, 2.45) is 16.5 Å². The molecule has 0 saturated carbocycles. The summed E-state index contributed by atoms with van der Waals surface area (Å²) in [6.07, 6.45) is -0.263. The molecule has 1 aromatic rings. The third kappa shape index (κ3) is 8.81. The van der Waals surface area contributed by atoms with Crippen LogP contribution in [0.15, 0.2) is 35.3 Å². The van der Waals surface area contributed by atoms with Gasteiger partial charge in [0.1, 0.15) is 11.8 Å². The van der Waals surface area contributed by atoms with Crippen LogP contribution in [-0.2, 0) is 14.1 Å². The second-order valence-electron chi connectivity index (χ2n) is 5.38. The van der Waals surface area contributed by atoms with Crippen LogP contribution in [0.2, 0.25) is 0 Å². The first-order valence-corrected chi connectivity index (χ1v) is 11.0. The molecule has 0 amide bonds. The number of ether oxygens (including phenoxy) is 1. The molecule has 0 aromatic heterocycles. The lowest BCUT2D eigenvalue weighted by Gasteiger charge is -2.23. The van der Waals surface area contributed by atoms with E-state index in [0.29, 0.717) is 11.5 Å². The zero-order chi connectivity index (χ0) is 18.9. The summed E-state index contributed by atoms with van der Waals surface area (Å²) in [5.74, 6) is 0.232. The Labute approximate surface area is 152 Å². The maximum Gasteiger partial charge on any atom is 0.375 e. The molecule has 0 aliphatic rings. The van der Waals surface area contributed by atoms with Gasteiger partial charge in [0.25, 0.3) is 0 Å². The number of guanidine groups is 1. The van der Waals surface area contributed by atoms with Crippen LogP contribution in [0.3, 0.4) is 0 Å². The minimum Gasteiger partial charge on any atom is -0.462 e. The van der Waals surface area contributed by atoms with Crippen molar-refractivity contribution >= 4 is 30.0 Å². The average molecular weight is 388 g/mol. The van der Waals surface area contributed by atoms with E-state index in [4.69, 9.17) is 20.7 Å². The molecule has 10 heteroatoms. The fourth-order valence-corrected chi connectivity index (χ4v) is 5.32. The van der Waals surface area contributed by atoms with Gasteiger partial charge in [0.15, 0.2) is 5.96 Å². The van der Waals surface area contributed by atoms with Crippen LogP contribution < -0.4 is 21.1 Å². The van der Waals surface area contributed by atoms with Crippen molar-refractivity contribution in [3.8, 4) is 5.75 Å². The number of carbonyl (C=O) groups is 1. The summed E-state index contributed by atoms with van der Waals surface area (Å²) in [6.45, 7) is 1.90. The molecule has 1 aromatic carbocycles. The van der Waals surface area contributed by atoms with Gasteiger partial charge in [0, 0.05) is 5.75 Å². The van der Waals surface area contributed by atoms with E-state index in [9.17, 15) is 9.36 Å². The first-order valence-electron chi connectivity index (χ1n) is 7.75. The predicted molar refractivity (Wildman–Crippen MR) is 102 cm³/mol. The van der Waals surface area contributed by atoms with E-state index in [1.807, 2.05) is 6.07 Å². The summed E-state index contributed by atoms with van der Waals surface area (Å²) >= 11 is 1.02. The molecule has 0 aliphatic carbocycles. The highest BCUT2D eigenvalue weighted by molar-refractivity contribution is 8.56. The van der Waals surface area contributed by atoms with Crippen molar-refractivity contribution in [1.82, 2.24) is 5.09 Å². The van der Waals surface area contributed by atoms with Gasteiger partial charge in [-0.15, -0.1) is 0 Å². The molecule has 1 unspecified atom stereocenters. The Bertz CT molecular complexity index is 623. The molecule has 0 fully saturated rings. The van der Waals surface area contributed by atoms with Crippen LogP contribution in [-0.4, -0.2) is 36.4 Å². The van der Waals surface area contributed by atoms with E-state index in [0.717, 1.165) is 11.4 Å². The van der Waals surface area contributed by atoms with E-state index < -0.39 is 18.7 Å². The third-order valence-corrected chi connectivity index (χ3v) is 6.64. The van der Waals surface area contributed by atoms with Gasteiger partial charge < -0.3 is 20.7 Å². The number of benzene rings is 1. The lowest BCUT2D eigenvalue weighted by atomic mass is 10.3. The maximum absolute atomic E-state index is 13.1. The maximum atomic E-state index is 13.1. The summed E-state index contributed by atoms with van der Waals surface area (Å²) in [7, 11) is 0. The second kappa shape index (κ2) is 10.3. The van der Waals surface area contributed by atoms with E-state index >= 15 is 0 Å². The molecular weight excluding hydrogens is 363 g/mol. The van der Waals surface area contributed by atoms with Crippen LogP contribution in [0.25, 0.3) is 0 Å². The van der Waals surface area contributed by atoms with E-state index in [1.54, 1.807) is 45.0 Å². The predicted octanol–water partition coefficient (Wildman–Crippen LogP) is 2.11. The molecule has 140 valence electrons. The Balaban J connectivity index is 2.80. The number of esters is 1. The average Bonchev–Trinajstić information content (AvgIpc) is 2.51. The Morgan fingerprint density at radius 1 is 1.28 bits per heavy atom. The van der Waals surface area contributed by atoms with Crippen LogP contribution in [0.5, 0.6) is 5.75 Å². The highest BCUT2D eigenvalue weighted by Crippen LogP contribution is 2.55. The van der Waals surface area contributed by atoms with E-state index in [-0.39, 0.29) is 18.6 Å². The molecule has 1 rings (SSSR count). The summed E-state index contributed by atoms with van der Waals surface area (Å²) in [6, 6.07) is 7.91. The standard InChI is InChI=1S/C15H25N4O4PS/c1-11(2)22-14(20)12(3)19-24(21,25-10-9-18-15(16)17)23-13-7-5-4-6-8-13/h4-8,11-12H,9-10H2,1-3H3,(H,19,21)(H4,16,17,18)/t12-,24?/m0/s1. The molecule has 0 aliphatic heterocycles. The van der Waals surface area contributed by atoms with Gasteiger partial charge in [-0.3, -0.25) is 9.79 Å².